The quantitative estimate of drug-likeness (QED) is 0.0345. The lowest BCUT2D eigenvalue weighted by Gasteiger charge is -2.35. The molecule has 5 N–H and O–H groups in total. The van der Waals surface area contributed by atoms with Gasteiger partial charge in [0.25, 0.3) is 26.1 Å². The summed E-state index contributed by atoms with van der Waals surface area (Å²) in [5.74, 6) is -2.74. The van der Waals surface area contributed by atoms with Gasteiger partial charge in [0.15, 0.2) is 11.5 Å². The number of ketones is 1. The summed E-state index contributed by atoms with van der Waals surface area (Å²) in [6, 6.07) is 14.7. The molecule has 2 aliphatic heterocycles. The molecule has 0 saturated heterocycles. The van der Waals surface area contributed by atoms with Crippen LogP contribution in [0.2, 0.25) is 0 Å². The van der Waals surface area contributed by atoms with Crippen LogP contribution in [-0.4, -0.2) is 98.0 Å². The van der Waals surface area contributed by atoms with Crippen molar-refractivity contribution in [1.29, 1.82) is 0 Å². The third-order valence-corrected chi connectivity index (χ3v) is 13.8. The third-order valence-electron chi connectivity index (χ3n) is 11.4. The van der Waals surface area contributed by atoms with Gasteiger partial charge in [-0.25, -0.2) is 8.42 Å². The van der Waals surface area contributed by atoms with Crippen molar-refractivity contribution < 1.29 is 58.4 Å². The number of aliphatic hydroxyl groups is 1. The van der Waals surface area contributed by atoms with Crippen molar-refractivity contribution in [2.75, 3.05) is 29.6 Å². The summed E-state index contributed by atoms with van der Waals surface area (Å²) in [4.78, 5) is 44.3. The Morgan fingerprint density at radius 3 is 2.08 bits per heavy atom. The number of unbranched alkanes of at least 4 members (excludes halogenated alkanes) is 2. The maximum Gasteiger partial charge on any atom is 0.294 e. The molecular formula is C42H46N5O12S4+. The minimum Gasteiger partial charge on any atom is -0.387 e. The van der Waals surface area contributed by atoms with Gasteiger partial charge in [-0.1, -0.05) is 19.9 Å². The number of thiocarbonyl (C=S) groups is 1. The van der Waals surface area contributed by atoms with Crippen LogP contribution >= 0.6 is 12.2 Å². The van der Waals surface area contributed by atoms with Crippen LogP contribution in [0.1, 0.15) is 64.5 Å². The van der Waals surface area contributed by atoms with Gasteiger partial charge in [0.2, 0.25) is 21.6 Å². The molecule has 3 aliphatic rings. The number of nitrogens with zero attached hydrogens (tertiary/aromatic N) is 3. The number of aliphatic imine (C=N–C) groups is 1. The fourth-order valence-electron chi connectivity index (χ4n) is 8.23. The smallest absolute Gasteiger partial charge is 0.294 e. The van der Waals surface area contributed by atoms with Gasteiger partial charge in [-0.3, -0.25) is 28.2 Å². The van der Waals surface area contributed by atoms with E-state index in [1.807, 2.05) is 23.1 Å². The number of fused-ring (bicyclic) bond motifs is 2. The monoisotopic (exact) mass is 940 g/mol. The highest BCUT2D eigenvalue weighted by molar-refractivity contribution is 7.89. The molecule has 63 heavy (non-hydrogen) atoms. The number of rotatable bonds is 15. The van der Waals surface area contributed by atoms with Crippen molar-refractivity contribution >= 4 is 93.7 Å². The summed E-state index contributed by atoms with van der Waals surface area (Å²) in [6.45, 7) is 6.82. The van der Waals surface area contributed by atoms with Crippen LogP contribution in [0.3, 0.4) is 0 Å². The minimum absolute atomic E-state index is 0.0369. The first-order valence-corrected chi connectivity index (χ1v) is 24.7. The van der Waals surface area contributed by atoms with E-state index in [1.54, 1.807) is 50.3 Å². The number of carbonyl (C=O) groups excluding carboxylic acids is 3. The number of hydrogen-bond donors (Lipinski definition) is 5. The van der Waals surface area contributed by atoms with Crippen molar-refractivity contribution in [3.8, 4) is 0 Å². The summed E-state index contributed by atoms with van der Waals surface area (Å²) in [5.41, 5.74) is 1.84. The van der Waals surface area contributed by atoms with E-state index in [9.17, 15) is 53.8 Å². The normalized spacial score (nSPS) is 20.3. The van der Waals surface area contributed by atoms with Crippen molar-refractivity contribution in [1.82, 2.24) is 4.72 Å². The molecule has 6 rings (SSSR count). The molecule has 2 unspecified atom stereocenters. The molecule has 0 spiro atoms. The highest BCUT2D eigenvalue weighted by Gasteiger charge is 2.51. The van der Waals surface area contributed by atoms with Crippen LogP contribution in [0, 0.1) is 5.92 Å². The van der Waals surface area contributed by atoms with Crippen LogP contribution in [0.4, 0.5) is 22.7 Å². The Morgan fingerprint density at radius 1 is 0.873 bits per heavy atom. The van der Waals surface area contributed by atoms with Gasteiger partial charge in [-0.05, 0) is 99.1 Å². The zero-order valence-corrected chi connectivity index (χ0v) is 38.1. The van der Waals surface area contributed by atoms with Crippen molar-refractivity contribution in [3.05, 3.63) is 95.2 Å². The Kier molecular flexibility index (Phi) is 13.0. The number of amides is 2. The van der Waals surface area contributed by atoms with E-state index in [2.05, 4.69) is 27.7 Å². The standard InChI is InChI=1S/C42H45N5O12S4/c1-41(2)31-19-27(62(54,55)56)14-16-33(31)46(18-8-6-7-9-37(48)44-26-12-10-25(11-13-26)43-24-60)35(41)21-29-39(50)30(40(29)51)22-36-42(3,4)32-20-28(63(57,58)59)15-17-34(32)47(36)23-38(49)45-61(5,52)53/h10-17,19-22,30,39,50H,6-9,18,23H2,1-5H3,(H3-,44,45,48,49,54,55,56,57,58,59)/p+1. The Bertz CT molecular complexity index is 2920. The molecule has 334 valence electrons. The number of sulfonamides is 1. The summed E-state index contributed by atoms with van der Waals surface area (Å²) in [7, 11) is -13.2. The fraction of sp³-hybridized carbons (Fsp3) is 0.357. The van der Waals surface area contributed by atoms with Crippen LogP contribution in [0.15, 0.2) is 98.9 Å². The van der Waals surface area contributed by atoms with Gasteiger partial charge < -0.3 is 15.3 Å². The number of carbonyl (C=O) groups is 3. The van der Waals surface area contributed by atoms with Crippen molar-refractivity contribution in [3.63, 3.8) is 0 Å². The number of benzene rings is 3. The number of Topliss-reactive ketones (excluding diaryl/α,β-unsaturated/α-hetero) is 1. The Morgan fingerprint density at radius 2 is 1.49 bits per heavy atom. The molecule has 0 bridgehead atoms. The summed E-state index contributed by atoms with van der Waals surface area (Å²) >= 11 is 4.62. The number of anilines is 2. The number of isothiocyanates is 1. The van der Waals surface area contributed by atoms with E-state index in [0.29, 0.717) is 65.4 Å². The maximum absolute atomic E-state index is 14.1. The second-order valence-electron chi connectivity index (χ2n) is 16.6. The molecule has 0 aromatic heterocycles. The lowest BCUT2D eigenvalue weighted by molar-refractivity contribution is -0.438. The largest absolute Gasteiger partial charge is 0.387 e. The molecule has 0 radical (unpaired) electrons. The first-order valence-electron chi connectivity index (χ1n) is 19.5. The highest BCUT2D eigenvalue weighted by atomic mass is 32.2. The number of aliphatic hydroxyl groups excluding tert-OH is 1. The van der Waals surface area contributed by atoms with Crippen LogP contribution < -0.4 is 14.9 Å². The van der Waals surface area contributed by atoms with E-state index in [1.165, 1.54) is 35.2 Å². The third kappa shape index (κ3) is 9.95. The molecule has 3 aromatic carbocycles. The first-order chi connectivity index (χ1) is 29.2. The van der Waals surface area contributed by atoms with E-state index >= 15 is 0 Å². The predicted octanol–water partition coefficient (Wildman–Crippen LogP) is 4.73. The average molecular weight is 941 g/mol. The fourth-order valence-corrected chi connectivity index (χ4v) is 9.83. The molecule has 21 heteroatoms. The van der Waals surface area contributed by atoms with Gasteiger partial charge in [-0.2, -0.15) is 26.4 Å². The first kappa shape index (κ1) is 47.2. The van der Waals surface area contributed by atoms with Gasteiger partial charge in [0.1, 0.15) is 13.1 Å². The van der Waals surface area contributed by atoms with E-state index < -0.39 is 76.2 Å². The predicted molar refractivity (Wildman–Crippen MR) is 238 cm³/mol. The molecule has 2 atom stereocenters. The SMILES string of the molecule is CC1(C)C(=CC2C(=O)C(=CC3=[N+](CCCCCC(=O)Nc4ccc(N=C=S)cc4)c4ccc(S(=O)(=O)O)cc4C3(C)C)C2O)N(CC(=O)NS(C)(=O)=O)c2ccc(S(=O)(=O)O)cc21. The average Bonchev–Trinajstić information content (AvgIpc) is 3.52. The van der Waals surface area contributed by atoms with Gasteiger partial charge in [0, 0.05) is 58.6 Å². The summed E-state index contributed by atoms with van der Waals surface area (Å²) in [6.07, 6.45) is 4.42. The van der Waals surface area contributed by atoms with E-state index in [0.717, 1.165) is 12.3 Å². The second-order valence-corrected chi connectivity index (χ2v) is 21.3. The Balaban J connectivity index is 1.28. The maximum atomic E-state index is 14.1. The van der Waals surface area contributed by atoms with Gasteiger partial charge >= 0.3 is 0 Å². The topological polar surface area (TPSA) is 257 Å². The van der Waals surface area contributed by atoms with Crippen molar-refractivity contribution in [2.45, 2.75) is 80.1 Å². The van der Waals surface area contributed by atoms with Crippen LogP contribution in [0.25, 0.3) is 0 Å². The zero-order valence-electron chi connectivity index (χ0n) is 34.8. The van der Waals surface area contributed by atoms with Crippen molar-refractivity contribution in [2.24, 2.45) is 10.9 Å². The number of nitrogens with one attached hydrogen (secondary N) is 2. The number of hydrogen-bond acceptors (Lipinski definition) is 13. The molecular weight excluding hydrogens is 895 g/mol. The van der Waals surface area contributed by atoms with Crippen LogP contribution in [-0.2, 0) is 55.5 Å². The van der Waals surface area contributed by atoms with E-state index in [-0.39, 0.29) is 28.5 Å². The Hall–Kier alpha value is -5.25. The lowest BCUT2D eigenvalue weighted by Crippen LogP contribution is -2.46. The van der Waals surface area contributed by atoms with Gasteiger partial charge in [-0.15, -0.1) is 0 Å². The van der Waals surface area contributed by atoms with Gasteiger partial charge in [0.05, 0.1) is 44.3 Å². The van der Waals surface area contributed by atoms with Crippen LogP contribution in [0.5, 0.6) is 0 Å². The molecule has 2 heterocycles. The lowest BCUT2D eigenvalue weighted by atomic mass is 9.71. The minimum atomic E-state index is -4.65. The second kappa shape index (κ2) is 17.4. The zero-order chi connectivity index (χ0) is 46.4. The Labute approximate surface area is 370 Å². The van der Waals surface area contributed by atoms with E-state index in [4.69, 9.17) is 0 Å². The molecule has 1 saturated carbocycles. The molecule has 3 aromatic rings. The summed E-state index contributed by atoms with van der Waals surface area (Å²) in [5, 5.41) is 16.8. The molecule has 1 aliphatic carbocycles. The summed E-state index contributed by atoms with van der Waals surface area (Å²) < 4.78 is 95.8. The highest BCUT2D eigenvalue weighted by Crippen LogP contribution is 2.50. The molecule has 17 nitrogen and oxygen atoms in total. The number of allylic oxidation sites excluding steroid dienone is 2. The molecule has 1 fully saturated rings. The molecule has 2 amide bonds.